The minimum absolute atomic E-state index is 0.408. The van der Waals surface area contributed by atoms with Crippen LogP contribution >= 0.6 is 11.6 Å². The van der Waals surface area contributed by atoms with E-state index in [0.29, 0.717) is 16.3 Å². The van der Waals surface area contributed by atoms with E-state index in [1.165, 1.54) is 0 Å². The van der Waals surface area contributed by atoms with Gasteiger partial charge in [-0.2, -0.15) is 0 Å². The third-order valence-corrected chi connectivity index (χ3v) is 4.67. The molecule has 0 bridgehead atoms. The first-order valence-electron chi connectivity index (χ1n) is 7.90. The van der Waals surface area contributed by atoms with Crippen molar-refractivity contribution in [3.63, 3.8) is 0 Å². The van der Waals surface area contributed by atoms with Gasteiger partial charge in [-0.3, -0.25) is 9.59 Å². The molecule has 2 aromatic carbocycles. The zero-order valence-electron chi connectivity index (χ0n) is 13.9. The molecule has 2 atom stereocenters. The average molecular weight is 360 g/mol. The molecule has 3 rings (SSSR count). The van der Waals surface area contributed by atoms with Crippen molar-refractivity contribution in [3.05, 3.63) is 63.7 Å². The van der Waals surface area contributed by atoms with Gasteiger partial charge >= 0.3 is 5.97 Å². The summed E-state index contributed by atoms with van der Waals surface area (Å²) in [6.45, 7) is 3.97. The number of carboxylic acid groups (broad SMARTS) is 1. The van der Waals surface area contributed by atoms with Crippen molar-refractivity contribution in [3.8, 4) is 0 Å². The number of fused-ring (bicyclic) bond motifs is 1. The highest BCUT2D eigenvalue weighted by atomic mass is 35.5. The van der Waals surface area contributed by atoms with E-state index in [2.05, 4.69) is 5.32 Å². The Labute approximate surface area is 150 Å². The minimum atomic E-state index is -1.09. The Morgan fingerprint density at radius 3 is 2.72 bits per heavy atom. The largest absolute Gasteiger partial charge is 0.481 e. The minimum Gasteiger partial charge on any atom is -0.481 e. The van der Waals surface area contributed by atoms with Gasteiger partial charge in [0.25, 0.3) is 5.91 Å². The number of benzene rings is 2. The summed E-state index contributed by atoms with van der Waals surface area (Å²) < 4.78 is 5.99. The maximum atomic E-state index is 12.4. The second-order valence-corrected chi connectivity index (χ2v) is 6.55. The van der Waals surface area contributed by atoms with Crippen molar-refractivity contribution in [2.45, 2.75) is 32.5 Å². The number of nitrogens with one attached hydrogen (secondary N) is 1. The number of hydrogen-bond donors (Lipinski definition) is 2. The smallest absolute Gasteiger partial charge is 0.306 e. The third kappa shape index (κ3) is 3.52. The lowest BCUT2D eigenvalue weighted by Gasteiger charge is -2.23. The lowest BCUT2D eigenvalue weighted by Crippen LogP contribution is -2.31. The standard InChI is InChI=1S/C19H18ClNO4/c1-10-4-3-5-13(11(10)2)18-14-8-12(20)6-7-15(14)21-19(24)16(25-18)9-17(22)23/h3-8,16,18H,9H2,1-2H3,(H,21,24)(H,22,23)/t16-,18-/m0/s1. The van der Waals surface area contributed by atoms with Gasteiger partial charge in [0.15, 0.2) is 0 Å². The molecule has 0 fully saturated rings. The molecule has 25 heavy (non-hydrogen) atoms. The topological polar surface area (TPSA) is 75.6 Å². The fraction of sp³-hybridized carbons (Fsp3) is 0.263. The molecule has 0 saturated carbocycles. The lowest BCUT2D eigenvalue weighted by atomic mass is 9.93. The van der Waals surface area contributed by atoms with Gasteiger partial charge in [-0.25, -0.2) is 0 Å². The predicted molar refractivity (Wildman–Crippen MR) is 95.0 cm³/mol. The molecule has 6 heteroatoms. The number of rotatable bonds is 3. The van der Waals surface area contributed by atoms with Gasteiger partial charge in [-0.1, -0.05) is 29.8 Å². The van der Waals surface area contributed by atoms with Crippen molar-refractivity contribution >= 4 is 29.2 Å². The van der Waals surface area contributed by atoms with Crippen molar-refractivity contribution in [2.24, 2.45) is 0 Å². The molecule has 0 unspecified atom stereocenters. The third-order valence-electron chi connectivity index (χ3n) is 4.44. The zero-order valence-corrected chi connectivity index (χ0v) is 14.6. The number of anilines is 1. The molecule has 0 spiro atoms. The molecule has 130 valence electrons. The van der Waals surface area contributed by atoms with Gasteiger partial charge in [0.2, 0.25) is 0 Å². The molecule has 1 amide bonds. The zero-order chi connectivity index (χ0) is 18.1. The summed E-state index contributed by atoms with van der Waals surface area (Å²) in [5.74, 6) is -1.57. The van der Waals surface area contributed by atoms with Gasteiger partial charge in [-0.15, -0.1) is 0 Å². The van der Waals surface area contributed by atoms with Crippen LogP contribution in [0.5, 0.6) is 0 Å². The highest BCUT2D eigenvalue weighted by Crippen LogP contribution is 2.38. The number of aliphatic carboxylic acids is 1. The maximum Gasteiger partial charge on any atom is 0.306 e. The van der Waals surface area contributed by atoms with Crippen LogP contribution in [0.4, 0.5) is 5.69 Å². The first-order chi connectivity index (χ1) is 11.9. The van der Waals surface area contributed by atoms with E-state index < -0.39 is 30.5 Å². The molecule has 1 aliphatic heterocycles. The Hall–Kier alpha value is -2.37. The fourth-order valence-corrected chi connectivity index (χ4v) is 3.16. The molecule has 0 radical (unpaired) electrons. The number of amides is 1. The first-order valence-corrected chi connectivity index (χ1v) is 8.28. The van der Waals surface area contributed by atoms with Gasteiger partial charge < -0.3 is 15.2 Å². The van der Waals surface area contributed by atoms with Crippen LogP contribution in [0.25, 0.3) is 0 Å². The quantitative estimate of drug-likeness (QED) is 0.872. The van der Waals surface area contributed by atoms with Crippen LogP contribution in [-0.4, -0.2) is 23.1 Å². The molecule has 0 saturated heterocycles. The summed E-state index contributed by atoms with van der Waals surface area (Å²) in [7, 11) is 0. The summed E-state index contributed by atoms with van der Waals surface area (Å²) in [6.07, 6.45) is -2.08. The fourth-order valence-electron chi connectivity index (χ4n) is 2.98. The summed E-state index contributed by atoms with van der Waals surface area (Å²) in [6, 6.07) is 11.0. The van der Waals surface area contributed by atoms with Crippen LogP contribution < -0.4 is 5.32 Å². The Morgan fingerprint density at radius 1 is 1.24 bits per heavy atom. The van der Waals surface area contributed by atoms with E-state index in [-0.39, 0.29) is 0 Å². The predicted octanol–water partition coefficient (Wildman–Crippen LogP) is 3.86. The van der Waals surface area contributed by atoms with E-state index in [4.69, 9.17) is 21.4 Å². The molecule has 0 aromatic heterocycles. The molecular formula is C19H18ClNO4. The van der Waals surface area contributed by atoms with Crippen LogP contribution in [0.2, 0.25) is 5.02 Å². The molecule has 1 heterocycles. The van der Waals surface area contributed by atoms with Crippen molar-refractivity contribution in [1.82, 2.24) is 0 Å². The van der Waals surface area contributed by atoms with Crippen molar-refractivity contribution in [2.75, 3.05) is 5.32 Å². The number of carboxylic acids is 1. The van der Waals surface area contributed by atoms with E-state index in [1.807, 2.05) is 32.0 Å². The molecule has 2 N–H and O–H groups in total. The van der Waals surface area contributed by atoms with Gasteiger partial charge in [-0.05, 0) is 48.7 Å². The second-order valence-electron chi connectivity index (χ2n) is 6.11. The number of carbonyl (C=O) groups is 2. The van der Waals surface area contributed by atoms with E-state index in [9.17, 15) is 9.59 Å². The Kier molecular flexibility index (Phi) is 4.79. The average Bonchev–Trinajstić information content (AvgIpc) is 2.67. The summed E-state index contributed by atoms with van der Waals surface area (Å²) in [5, 5.41) is 12.4. The molecule has 5 nitrogen and oxygen atoms in total. The normalized spacial score (nSPS) is 19.7. The SMILES string of the molecule is Cc1cccc([C@@H]2O[C@@H](CC(=O)O)C(=O)Nc3ccc(Cl)cc32)c1C. The highest BCUT2D eigenvalue weighted by Gasteiger charge is 2.33. The number of halogens is 1. The summed E-state index contributed by atoms with van der Waals surface area (Å²) in [4.78, 5) is 23.5. The van der Waals surface area contributed by atoms with E-state index in [0.717, 1.165) is 16.7 Å². The molecular weight excluding hydrogens is 342 g/mol. The van der Waals surface area contributed by atoms with Gasteiger partial charge in [0, 0.05) is 16.3 Å². The van der Waals surface area contributed by atoms with E-state index in [1.54, 1.807) is 18.2 Å². The molecule has 2 aromatic rings. The number of carbonyl (C=O) groups excluding carboxylic acids is 1. The van der Waals surface area contributed by atoms with Crippen molar-refractivity contribution < 1.29 is 19.4 Å². The lowest BCUT2D eigenvalue weighted by molar-refractivity contribution is -0.146. The van der Waals surface area contributed by atoms with Crippen LogP contribution in [0.1, 0.15) is 34.8 Å². The Bertz CT molecular complexity index is 849. The maximum absolute atomic E-state index is 12.4. The van der Waals surface area contributed by atoms with Crippen LogP contribution in [-0.2, 0) is 14.3 Å². The number of hydrogen-bond acceptors (Lipinski definition) is 3. The molecule has 0 aliphatic carbocycles. The van der Waals surface area contributed by atoms with E-state index >= 15 is 0 Å². The molecule has 1 aliphatic rings. The number of ether oxygens (including phenoxy) is 1. The number of aryl methyl sites for hydroxylation is 1. The summed E-state index contributed by atoms with van der Waals surface area (Å²) >= 11 is 6.15. The highest BCUT2D eigenvalue weighted by molar-refractivity contribution is 6.30. The summed E-state index contributed by atoms with van der Waals surface area (Å²) in [5.41, 5.74) is 4.29. The Balaban J connectivity index is 2.15. The second kappa shape index (κ2) is 6.86. The Morgan fingerprint density at radius 2 is 2.00 bits per heavy atom. The van der Waals surface area contributed by atoms with Crippen molar-refractivity contribution in [1.29, 1.82) is 0 Å². The monoisotopic (exact) mass is 359 g/mol. The first kappa shape index (κ1) is 17.5. The van der Waals surface area contributed by atoms with Crippen LogP contribution in [0, 0.1) is 13.8 Å². The van der Waals surface area contributed by atoms with Crippen LogP contribution in [0.15, 0.2) is 36.4 Å². The van der Waals surface area contributed by atoms with Gasteiger partial charge in [0.1, 0.15) is 12.2 Å². The van der Waals surface area contributed by atoms with Gasteiger partial charge in [0.05, 0.1) is 6.42 Å². The van der Waals surface area contributed by atoms with Crippen LogP contribution in [0.3, 0.4) is 0 Å².